The Morgan fingerprint density at radius 2 is 1.69 bits per heavy atom. The Kier molecular flexibility index (Phi) is 5.03. The van der Waals surface area contributed by atoms with E-state index in [1.165, 1.54) is 11.6 Å². The fraction of sp³-hybridized carbons (Fsp3) is 0.182. The Bertz CT molecular complexity index is 985. The smallest absolute Gasteiger partial charge is 0.341 e. The Morgan fingerprint density at radius 3 is 2.31 bits per heavy atom. The van der Waals surface area contributed by atoms with Gasteiger partial charge in [0.05, 0.1) is 0 Å². The number of pyridine rings is 1. The van der Waals surface area contributed by atoms with Crippen LogP contribution in [0.2, 0.25) is 0 Å². The van der Waals surface area contributed by atoms with Crippen molar-refractivity contribution >= 4 is 5.97 Å². The molecule has 0 aliphatic heterocycles. The summed E-state index contributed by atoms with van der Waals surface area (Å²) in [6.45, 7) is 4.33. The van der Waals surface area contributed by atoms with Crippen molar-refractivity contribution in [3.05, 3.63) is 93.4 Å². The van der Waals surface area contributed by atoms with Gasteiger partial charge < -0.3 is 10.1 Å². The van der Waals surface area contributed by atoms with Crippen LogP contribution in [-0.2, 0) is 6.42 Å². The number of hydrogen-bond acceptors (Lipinski definition) is 2. The second kappa shape index (κ2) is 7.40. The third kappa shape index (κ3) is 3.75. The highest BCUT2D eigenvalue weighted by atomic mass is 16.4. The highest BCUT2D eigenvalue weighted by molar-refractivity contribution is 5.87. The van der Waals surface area contributed by atoms with E-state index in [1.807, 2.05) is 18.2 Å². The van der Waals surface area contributed by atoms with Crippen molar-refractivity contribution in [2.24, 2.45) is 0 Å². The van der Waals surface area contributed by atoms with E-state index >= 15 is 0 Å². The molecule has 2 N–H and O–H groups in total. The molecule has 2 aromatic carbocycles. The average Bonchev–Trinajstić information content (AvgIpc) is 2.62. The molecule has 1 aromatic heterocycles. The van der Waals surface area contributed by atoms with Gasteiger partial charge in [-0.25, -0.2) is 4.79 Å². The van der Waals surface area contributed by atoms with E-state index in [9.17, 15) is 9.59 Å². The molecule has 0 saturated carbocycles. The second-order valence-corrected chi connectivity index (χ2v) is 6.64. The van der Waals surface area contributed by atoms with Gasteiger partial charge in [0.2, 0.25) is 0 Å². The van der Waals surface area contributed by atoms with Crippen LogP contribution in [0.3, 0.4) is 0 Å². The molecule has 1 heterocycles. The second-order valence-electron chi connectivity index (χ2n) is 6.64. The van der Waals surface area contributed by atoms with Crippen molar-refractivity contribution in [1.82, 2.24) is 4.98 Å². The SMILES string of the molecule is CC(C)c1ccc(-c2ccccc2Cc2ccc(C(=O)O)c(=O)[nH]2)cc1. The van der Waals surface area contributed by atoms with Crippen molar-refractivity contribution in [1.29, 1.82) is 0 Å². The minimum atomic E-state index is -1.22. The number of H-pyrrole nitrogens is 1. The zero-order valence-corrected chi connectivity index (χ0v) is 14.8. The zero-order chi connectivity index (χ0) is 18.7. The molecule has 0 bridgehead atoms. The topological polar surface area (TPSA) is 70.2 Å². The predicted molar refractivity (Wildman–Crippen MR) is 103 cm³/mol. The molecule has 3 rings (SSSR count). The molecule has 4 heteroatoms. The molecule has 0 unspecified atom stereocenters. The summed E-state index contributed by atoms with van der Waals surface area (Å²) in [6, 6.07) is 19.6. The molecular formula is C22H21NO3. The maximum atomic E-state index is 11.9. The first-order chi connectivity index (χ1) is 12.5. The summed E-state index contributed by atoms with van der Waals surface area (Å²) in [5, 5.41) is 8.98. The molecule has 26 heavy (non-hydrogen) atoms. The van der Waals surface area contributed by atoms with Crippen LogP contribution in [0, 0.1) is 0 Å². The summed E-state index contributed by atoms with van der Waals surface area (Å²) in [5.41, 5.74) is 4.45. The van der Waals surface area contributed by atoms with Crippen LogP contribution in [0.1, 0.15) is 46.9 Å². The molecule has 0 spiro atoms. The minimum absolute atomic E-state index is 0.244. The number of carboxylic acids is 1. The Labute approximate surface area is 152 Å². The molecular weight excluding hydrogens is 326 g/mol. The lowest BCUT2D eigenvalue weighted by molar-refractivity contribution is 0.0695. The van der Waals surface area contributed by atoms with Crippen LogP contribution in [0.4, 0.5) is 0 Å². The monoisotopic (exact) mass is 347 g/mol. The summed E-state index contributed by atoms with van der Waals surface area (Å²) >= 11 is 0. The number of nitrogens with one attached hydrogen (secondary N) is 1. The number of carbonyl (C=O) groups is 1. The molecule has 0 amide bonds. The van der Waals surface area contributed by atoms with Crippen molar-refractivity contribution in [3.63, 3.8) is 0 Å². The summed E-state index contributed by atoms with van der Waals surface area (Å²) in [5.74, 6) is -0.736. The summed E-state index contributed by atoms with van der Waals surface area (Å²) < 4.78 is 0. The lowest BCUT2D eigenvalue weighted by Gasteiger charge is -2.12. The molecule has 0 aliphatic carbocycles. The predicted octanol–water partition coefficient (Wildman–Crippen LogP) is 4.45. The first kappa shape index (κ1) is 17.7. The maximum absolute atomic E-state index is 11.9. The number of aromatic amines is 1. The Balaban J connectivity index is 1.94. The summed E-state index contributed by atoms with van der Waals surface area (Å²) in [7, 11) is 0. The van der Waals surface area contributed by atoms with Gasteiger partial charge in [-0.05, 0) is 40.3 Å². The number of benzene rings is 2. The lowest BCUT2D eigenvalue weighted by atomic mass is 9.94. The van der Waals surface area contributed by atoms with E-state index in [1.54, 1.807) is 6.07 Å². The maximum Gasteiger partial charge on any atom is 0.341 e. The first-order valence-corrected chi connectivity index (χ1v) is 8.59. The highest BCUT2D eigenvalue weighted by Gasteiger charge is 2.11. The molecule has 0 saturated heterocycles. The molecule has 0 aliphatic rings. The standard InChI is InChI=1S/C22H21NO3/c1-14(2)15-7-9-16(10-8-15)19-6-4-3-5-17(19)13-18-11-12-20(22(25)26)21(24)23-18/h3-12,14H,13H2,1-2H3,(H,23,24)(H,25,26). The summed E-state index contributed by atoms with van der Waals surface area (Å²) in [4.78, 5) is 25.5. The average molecular weight is 347 g/mol. The molecule has 3 aromatic rings. The minimum Gasteiger partial charge on any atom is -0.477 e. The van der Waals surface area contributed by atoms with Crippen molar-refractivity contribution in [3.8, 4) is 11.1 Å². The van der Waals surface area contributed by atoms with E-state index in [-0.39, 0.29) is 5.56 Å². The van der Waals surface area contributed by atoms with Gasteiger partial charge in [0.1, 0.15) is 5.56 Å². The van der Waals surface area contributed by atoms with Crippen LogP contribution in [-0.4, -0.2) is 16.1 Å². The molecule has 0 fully saturated rings. The van der Waals surface area contributed by atoms with Crippen LogP contribution >= 0.6 is 0 Å². The Morgan fingerprint density at radius 1 is 1.00 bits per heavy atom. The number of aromatic nitrogens is 1. The van der Waals surface area contributed by atoms with Crippen LogP contribution in [0.25, 0.3) is 11.1 Å². The van der Waals surface area contributed by atoms with Crippen molar-refractivity contribution in [2.75, 3.05) is 0 Å². The van der Waals surface area contributed by atoms with Gasteiger partial charge in [0, 0.05) is 12.1 Å². The van der Waals surface area contributed by atoms with Gasteiger partial charge in [0.15, 0.2) is 0 Å². The van der Waals surface area contributed by atoms with E-state index in [0.29, 0.717) is 18.0 Å². The third-order valence-electron chi connectivity index (χ3n) is 4.49. The highest BCUT2D eigenvalue weighted by Crippen LogP contribution is 2.27. The van der Waals surface area contributed by atoms with Crippen molar-refractivity contribution in [2.45, 2.75) is 26.2 Å². The van der Waals surface area contributed by atoms with E-state index in [0.717, 1.165) is 16.7 Å². The summed E-state index contributed by atoms with van der Waals surface area (Å²) in [6.07, 6.45) is 0.525. The molecule has 0 atom stereocenters. The van der Waals surface area contributed by atoms with Gasteiger partial charge in [0.25, 0.3) is 5.56 Å². The molecule has 4 nitrogen and oxygen atoms in total. The Hall–Kier alpha value is -3.14. The molecule has 132 valence electrons. The third-order valence-corrected chi connectivity index (χ3v) is 4.49. The van der Waals surface area contributed by atoms with Crippen LogP contribution in [0.15, 0.2) is 65.5 Å². The van der Waals surface area contributed by atoms with Gasteiger partial charge in [-0.1, -0.05) is 62.4 Å². The van der Waals surface area contributed by atoms with E-state index in [4.69, 9.17) is 5.11 Å². The number of hydrogen-bond donors (Lipinski definition) is 2. The zero-order valence-electron chi connectivity index (χ0n) is 14.8. The number of carboxylic acid groups (broad SMARTS) is 1. The van der Waals surface area contributed by atoms with Gasteiger partial charge >= 0.3 is 5.97 Å². The van der Waals surface area contributed by atoms with Crippen LogP contribution < -0.4 is 5.56 Å². The number of rotatable bonds is 5. The van der Waals surface area contributed by atoms with Gasteiger partial charge in [-0.3, -0.25) is 4.79 Å². The fourth-order valence-electron chi connectivity index (χ4n) is 2.99. The lowest BCUT2D eigenvalue weighted by Crippen LogP contribution is -2.18. The normalized spacial score (nSPS) is 10.9. The van der Waals surface area contributed by atoms with Crippen molar-refractivity contribution < 1.29 is 9.90 Å². The first-order valence-electron chi connectivity index (χ1n) is 8.59. The largest absolute Gasteiger partial charge is 0.477 e. The molecule has 0 radical (unpaired) electrons. The van der Waals surface area contributed by atoms with Gasteiger partial charge in [-0.2, -0.15) is 0 Å². The van der Waals surface area contributed by atoms with Crippen LogP contribution in [0.5, 0.6) is 0 Å². The number of aromatic carboxylic acids is 1. The quantitative estimate of drug-likeness (QED) is 0.716. The van der Waals surface area contributed by atoms with Gasteiger partial charge in [-0.15, -0.1) is 0 Å². The van der Waals surface area contributed by atoms with E-state index < -0.39 is 11.5 Å². The van der Waals surface area contributed by atoms with E-state index in [2.05, 4.69) is 49.2 Å². The fourth-order valence-corrected chi connectivity index (χ4v) is 2.99.